The molecule has 0 saturated carbocycles. The zero-order valence-electron chi connectivity index (χ0n) is 16.7. The number of rotatable bonds is 7. The third-order valence-corrected chi connectivity index (χ3v) is 4.51. The first-order valence-electron chi connectivity index (χ1n) is 9.63. The van der Waals surface area contributed by atoms with Crippen molar-refractivity contribution in [2.24, 2.45) is 0 Å². The fourth-order valence-corrected chi connectivity index (χ4v) is 2.83. The van der Waals surface area contributed by atoms with Gasteiger partial charge in [-0.05, 0) is 51.1 Å². The molecule has 0 radical (unpaired) electrons. The summed E-state index contributed by atoms with van der Waals surface area (Å²) in [4.78, 5) is 22.0. The van der Waals surface area contributed by atoms with Crippen LogP contribution in [0.2, 0.25) is 0 Å². The van der Waals surface area contributed by atoms with Crippen molar-refractivity contribution >= 4 is 11.9 Å². The van der Waals surface area contributed by atoms with Crippen LogP contribution in [0.5, 0.6) is 11.7 Å². The van der Waals surface area contributed by atoms with Crippen molar-refractivity contribution in [1.29, 1.82) is 0 Å². The average molecular weight is 421 g/mol. The number of nitrogens with zero attached hydrogens (tertiary/aromatic N) is 1. The number of benzene rings is 1. The Labute approximate surface area is 174 Å². The molecule has 2 aromatic rings. The van der Waals surface area contributed by atoms with Crippen molar-refractivity contribution in [3.05, 3.63) is 47.7 Å². The maximum absolute atomic E-state index is 9.77. The summed E-state index contributed by atoms with van der Waals surface area (Å²) in [6, 6.07) is 11.9. The second-order valence-corrected chi connectivity index (χ2v) is 7.04. The summed E-state index contributed by atoms with van der Waals surface area (Å²) < 4.78 is 11.5. The highest BCUT2D eigenvalue weighted by atomic mass is 16.6. The lowest BCUT2D eigenvalue weighted by Gasteiger charge is -2.25. The molecular weight excluding hydrogens is 394 g/mol. The molecule has 4 N–H and O–H groups in total. The van der Waals surface area contributed by atoms with Gasteiger partial charge in [0.25, 0.3) is 5.95 Å². The zero-order chi connectivity index (χ0) is 22.1. The van der Waals surface area contributed by atoms with Gasteiger partial charge in [0.2, 0.25) is 0 Å². The molecule has 1 aromatic carbocycles. The van der Waals surface area contributed by atoms with Gasteiger partial charge >= 0.3 is 11.9 Å². The van der Waals surface area contributed by atoms with Crippen LogP contribution in [0, 0.1) is 6.92 Å². The average Bonchev–Trinajstić information content (AvgIpc) is 3.16. The van der Waals surface area contributed by atoms with Crippen LogP contribution in [0.3, 0.4) is 0 Å². The number of aliphatic hydroxyl groups is 2. The number of aliphatic hydroxyl groups excluding tert-OH is 2. The van der Waals surface area contributed by atoms with Gasteiger partial charge in [-0.25, -0.2) is 9.59 Å². The maximum Gasteiger partial charge on any atom is 0.335 e. The second kappa shape index (κ2) is 11.3. The van der Waals surface area contributed by atoms with Gasteiger partial charge in [-0.1, -0.05) is 24.1 Å². The topological polar surface area (TPSA) is 141 Å². The van der Waals surface area contributed by atoms with E-state index < -0.39 is 24.1 Å². The van der Waals surface area contributed by atoms with E-state index in [4.69, 9.17) is 29.6 Å². The predicted molar refractivity (Wildman–Crippen MR) is 106 cm³/mol. The summed E-state index contributed by atoms with van der Waals surface area (Å²) in [7, 11) is 0. The number of piperidine rings is 1. The molecule has 164 valence electrons. The fourth-order valence-electron chi connectivity index (χ4n) is 2.83. The smallest absolute Gasteiger partial charge is 0.335 e. The molecule has 0 aliphatic carbocycles. The summed E-state index contributed by atoms with van der Waals surface area (Å²) in [6.07, 6.45) is -0.577. The number of carboxylic acids is 2. The van der Waals surface area contributed by atoms with Gasteiger partial charge in [0.15, 0.2) is 12.2 Å². The predicted octanol–water partition coefficient (Wildman–Crippen LogP) is 2.24. The highest BCUT2D eigenvalue weighted by Crippen LogP contribution is 2.25. The van der Waals surface area contributed by atoms with E-state index in [0.717, 1.165) is 18.1 Å². The molecule has 1 aliphatic rings. The number of hydrogen-bond acceptors (Lipinski definition) is 7. The molecule has 3 rings (SSSR count). The van der Waals surface area contributed by atoms with Crippen molar-refractivity contribution in [2.75, 3.05) is 13.1 Å². The number of aryl methyl sites for hydroxylation is 1. The largest absolute Gasteiger partial charge is 0.479 e. The van der Waals surface area contributed by atoms with Crippen LogP contribution in [0.4, 0.5) is 0 Å². The SMILES string of the molecule is Cc1ccc(Oc2ccc(CN3CCCCC3)o2)cc1.O=C(O)[C@H](O)[C@@H](O)C(=O)O. The van der Waals surface area contributed by atoms with E-state index in [2.05, 4.69) is 11.8 Å². The van der Waals surface area contributed by atoms with E-state index in [1.54, 1.807) is 0 Å². The number of carboxylic acid groups (broad SMARTS) is 2. The van der Waals surface area contributed by atoms with Gasteiger partial charge in [-0.15, -0.1) is 0 Å². The molecule has 1 fully saturated rings. The van der Waals surface area contributed by atoms with Gasteiger partial charge < -0.3 is 29.6 Å². The normalized spacial score (nSPS) is 16.1. The monoisotopic (exact) mass is 421 g/mol. The number of hydrogen-bond donors (Lipinski definition) is 4. The molecule has 1 saturated heterocycles. The lowest BCUT2D eigenvalue weighted by Crippen LogP contribution is -2.39. The molecule has 0 spiro atoms. The fraction of sp³-hybridized carbons (Fsp3) is 0.429. The molecule has 9 heteroatoms. The molecule has 1 aromatic heterocycles. The maximum atomic E-state index is 9.77. The number of aliphatic carboxylic acids is 2. The van der Waals surface area contributed by atoms with Crippen LogP contribution in [-0.2, 0) is 16.1 Å². The summed E-state index contributed by atoms with van der Waals surface area (Å²) >= 11 is 0. The molecular formula is C21H27NO8. The Hall–Kier alpha value is -2.88. The van der Waals surface area contributed by atoms with Crippen molar-refractivity contribution in [2.45, 2.75) is 44.9 Å². The molecule has 0 bridgehead atoms. The minimum absolute atomic E-state index is 0.570. The Morgan fingerprint density at radius 2 is 1.53 bits per heavy atom. The zero-order valence-corrected chi connectivity index (χ0v) is 16.7. The van der Waals surface area contributed by atoms with E-state index in [-0.39, 0.29) is 0 Å². The van der Waals surface area contributed by atoms with Gasteiger partial charge in [0.1, 0.15) is 11.5 Å². The van der Waals surface area contributed by atoms with Crippen LogP contribution in [0.25, 0.3) is 0 Å². The Morgan fingerprint density at radius 3 is 2.07 bits per heavy atom. The molecule has 2 atom stereocenters. The van der Waals surface area contributed by atoms with Crippen molar-refractivity contribution in [3.63, 3.8) is 0 Å². The minimum atomic E-state index is -2.27. The molecule has 0 amide bonds. The third-order valence-electron chi connectivity index (χ3n) is 4.51. The summed E-state index contributed by atoms with van der Waals surface area (Å²) in [6.45, 7) is 5.30. The summed E-state index contributed by atoms with van der Waals surface area (Å²) in [5.41, 5.74) is 1.22. The van der Waals surface area contributed by atoms with Gasteiger partial charge in [0, 0.05) is 6.07 Å². The first kappa shape index (κ1) is 23.4. The van der Waals surface area contributed by atoms with Gasteiger partial charge in [0.05, 0.1) is 6.54 Å². The number of likely N-dealkylation sites (tertiary alicyclic amines) is 1. The lowest BCUT2D eigenvalue weighted by atomic mass is 10.1. The highest BCUT2D eigenvalue weighted by molar-refractivity contribution is 5.83. The van der Waals surface area contributed by atoms with E-state index >= 15 is 0 Å². The van der Waals surface area contributed by atoms with E-state index in [0.29, 0.717) is 5.95 Å². The summed E-state index contributed by atoms with van der Waals surface area (Å²) in [5, 5.41) is 32.5. The first-order valence-corrected chi connectivity index (χ1v) is 9.63. The van der Waals surface area contributed by atoms with E-state index in [9.17, 15) is 9.59 Å². The van der Waals surface area contributed by atoms with Crippen molar-refractivity contribution in [3.8, 4) is 11.7 Å². The molecule has 9 nitrogen and oxygen atoms in total. The molecule has 1 aliphatic heterocycles. The Morgan fingerprint density at radius 1 is 0.967 bits per heavy atom. The number of ether oxygens (including phenoxy) is 1. The Balaban J connectivity index is 0.000000274. The quantitative estimate of drug-likeness (QED) is 0.530. The van der Waals surface area contributed by atoms with Crippen LogP contribution in [0.15, 0.2) is 40.8 Å². The highest BCUT2D eigenvalue weighted by Gasteiger charge is 2.29. The van der Waals surface area contributed by atoms with Crippen molar-refractivity contribution in [1.82, 2.24) is 4.90 Å². The third kappa shape index (κ3) is 7.51. The van der Waals surface area contributed by atoms with Gasteiger partial charge in [-0.3, -0.25) is 4.90 Å². The van der Waals surface area contributed by atoms with Crippen molar-refractivity contribution < 1.29 is 39.2 Å². The first-order chi connectivity index (χ1) is 14.3. The second-order valence-electron chi connectivity index (χ2n) is 7.04. The molecule has 2 heterocycles. The van der Waals surface area contributed by atoms with Gasteiger partial charge in [-0.2, -0.15) is 0 Å². The summed E-state index contributed by atoms with van der Waals surface area (Å²) in [5.74, 6) is -1.17. The molecule has 30 heavy (non-hydrogen) atoms. The minimum Gasteiger partial charge on any atom is -0.479 e. The van der Waals surface area contributed by atoms with Crippen LogP contribution < -0.4 is 4.74 Å². The van der Waals surface area contributed by atoms with Crippen LogP contribution in [-0.4, -0.2) is 62.6 Å². The van der Waals surface area contributed by atoms with E-state index in [1.807, 2.05) is 36.4 Å². The van der Waals surface area contributed by atoms with Crippen LogP contribution in [0.1, 0.15) is 30.6 Å². The Kier molecular flexibility index (Phi) is 8.85. The van der Waals surface area contributed by atoms with Crippen LogP contribution >= 0.6 is 0 Å². The number of furan rings is 1. The van der Waals surface area contributed by atoms with E-state index in [1.165, 1.54) is 37.9 Å². The Bertz CT molecular complexity index is 793. The number of carbonyl (C=O) groups is 2. The molecule has 0 unspecified atom stereocenters. The lowest BCUT2D eigenvalue weighted by molar-refractivity contribution is -0.165. The standard InChI is InChI=1S/C17H21NO2.C4H6O6/c1-14-5-7-15(8-6-14)19-17-10-9-16(20-17)13-18-11-3-2-4-12-18;5-1(3(7)8)2(6)4(9)10/h5-10H,2-4,11-13H2,1H3;1-2,5-6H,(H,7,8)(H,9,10)/t;1-,2-/m.1/s1.